The zero-order valence-electron chi connectivity index (χ0n) is 13.0. The van der Waals surface area contributed by atoms with Crippen LogP contribution >= 0.6 is 0 Å². The summed E-state index contributed by atoms with van der Waals surface area (Å²) in [5.74, 6) is 1.07. The average Bonchev–Trinajstić information content (AvgIpc) is 3.09. The van der Waals surface area contributed by atoms with E-state index in [9.17, 15) is 4.79 Å². The van der Waals surface area contributed by atoms with Crippen LogP contribution in [-0.4, -0.2) is 14.1 Å². The summed E-state index contributed by atoms with van der Waals surface area (Å²) in [6, 6.07) is 7.87. The van der Waals surface area contributed by atoms with Gasteiger partial charge in [0.1, 0.15) is 11.5 Å². The van der Waals surface area contributed by atoms with E-state index >= 15 is 0 Å². The molecule has 3 aromatic rings. The number of imidazole rings is 1. The van der Waals surface area contributed by atoms with E-state index in [0.29, 0.717) is 6.54 Å². The minimum atomic E-state index is -0.0819. The average molecular weight is 297 g/mol. The maximum atomic E-state index is 12.5. The van der Waals surface area contributed by atoms with Crippen LogP contribution in [0, 0.1) is 6.92 Å². The Morgan fingerprint density at radius 3 is 2.59 bits per heavy atom. The van der Waals surface area contributed by atoms with E-state index in [1.807, 2.05) is 45.0 Å². The first-order valence-corrected chi connectivity index (χ1v) is 7.33. The number of aryl methyl sites for hydroxylation is 1. The highest BCUT2D eigenvalue weighted by Gasteiger charge is 2.14. The predicted molar refractivity (Wildman–Crippen MR) is 84.5 cm³/mol. The molecule has 5 nitrogen and oxygen atoms in total. The lowest BCUT2D eigenvalue weighted by atomic mass is 10.1. The Balaban J connectivity index is 1.92. The molecule has 0 unspecified atom stereocenters. The molecule has 0 N–H and O–H groups in total. The lowest BCUT2D eigenvalue weighted by molar-refractivity contribution is 0.477. The third-order valence-electron chi connectivity index (χ3n) is 3.68. The molecule has 3 rings (SSSR count). The molecular weight excluding hydrogens is 278 g/mol. The second kappa shape index (κ2) is 5.67. The molecule has 1 aromatic carbocycles. The summed E-state index contributed by atoms with van der Waals surface area (Å²) < 4.78 is 8.69. The molecule has 0 aliphatic rings. The molecule has 22 heavy (non-hydrogen) atoms. The van der Waals surface area contributed by atoms with E-state index < -0.39 is 0 Å². The summed E-state index contributed by atoms with van der Waals surface area (Å²) >= 11 is 0. The summed E-state index contributed by atoms with van der Waals surface area (Å²) in [6.45, 7) is 6.53. The molecule has 0 saturated heterocycles. The van der Waals surface area contributed by atoms with Gasteiger partial charge >= 0.3 is 5.69 Å². The standard InChI is InChI=1S/C17H19N3O2/c1-12(2)16-15(18-11-22-16)10-19-8-9-20(17(19)21)14-6-4-13(3)5-7-14/h4-9,11-12H,10H2,1-3H3. The summed E-state index contributed by atoms with van der Waals surface area (Å²) in [5, 5.41) is 0. The van der Waals surface area contributed by atoms with Crippen LogP contribution in [0.25, 0.3) is 5.69 Å². The van der Waals surface area contributed by atoms with Gasteiger partial charge in [-0.15, -0.1) is 0 Å². The Kier molecular flexibility index (Phi) is 3.71. The van der Waals surface area contributed by atoms with Crippen LogP contribution in [0.2, 0.25) is 0 Å². The molecule has 0 aliphatic heterocycles. The van der Waals surface area contributed by atoms with Gasteiger partial charge in [-0.25, -0.2) is 9.78 Å². The third-order valence-corrected chi connectivity index (χ3v) is 3.68. The monoisotopic (exact) mass is 297 g/mol. The SMILES string of the molecule is Cc1ccc(-n2ccn(Cc3ncoc3C(C)C)c2=O)cc1. The van der Waals surface area contributed by atoms with E-state index in [1.54, 1.807) is 21.5 Å². The molecule has 0 atom stereocenters. The third kappa shape index (κ3) is 2.62. The van der Waals surface area contributed by atoms with Gasteiger partial charge in [0.25, 0.3) is 0 Å². The Morgan fingerprint density at radius 2 is 1.91 bits per heavy atom. The van der Waals surface area contributed by atoms with Crippen LogP contribution in [-0.2, 0) is 6.54 Å². The minimum absolute atomic E-state index is 0.0819. The number of hydrogen-bond donors (Lipinski definition) is 0. The van der Waals surface area contributed by atoms with Crippen LogP contribution in [0.5, 0.6) is 0 Å². The first kappa shape index (κ1) is 14.4. The van der Waals surface area contributed by atoms with Gasteiger partial charge in [0, 0.05) is 18.3 Å². The summed E-state index contributed by atoms with van der Waals surface area (Å²) in [4.78, 5) is 16.8. The van der Waals surface area contributed by atoms with Gasteiger partial charge in [-0.1, -0.05) is 31.5 Å². The predicted octanol–water partition coefficient (Wildman–Crippen LogP) is 3.11. The first-order chi connectivity index (χ1) is 10.6. The van der Waals surface area contributed by atoms with Crippen LogP contribution in [0.15, 0.2) is 52.3 Å². The fraction of sp³-hybridized carbons (Fsp3) is 0.294. The second-order valence-corrected chi connectivity index (χ2v) is 5.73. The molecule has 0 spiro atoms. The van der Waals surface area contributed by atoms with Crippen molar-refractivity contribution in [3.8, 4) is 5.69 Å². The highest BCUT2D eigenvalue weighted by atomic mass is 16.3. The highest BCUT2D eigenvalue weighted by Crippen LogP contribution is 2.18. The Morgan fingerprint density at radius 1 is 1.18 bits per heavy atom. The number of aromatic nitrogens is 3. The number of rotatable bonds is 4. The van der Waals surface area contributed by atoms with Gasteiger partial charge in [-0.05, 0) is 19.1 Å². The lowest BCUT2D eigenvalue weighted by Gasteiger charge is -2.05. The topological polar surface area (TPSA) is 53.0 Å². The van der Waals surface area contributed by atoms with Gasteiger partial charge in [0.05, 0.1) is 12.2 Å². The van der Waals surface area contributed by atoms with Crippen molar-refractivity contribution in [2.24, 2.45) is 0 Å². The van der Waals surface area contributed by atoms with Crippen molar-refractivity contribution >= 4 is 0 Å². The smallest absolute Gasteiger partial charge is 0.333 e. The zero-order valence-corrected chi connectivity index (χ0v) is 13.0. The maximum Gasteiger partial charge on any atom is 0.333 e. The van der Waals surface area contributed by atoms with Crippen LogP contribution in [0.4, 0.5) is 0 Å². The van der Waals surface area contributed by atoms with Gasteiger partial charge in [-0.3, -0.25) is 9.13 Å². The van der Waals surface area contributed by atoms with Crippen molar-refractivity contribution < 1.29 is 4.42 Å². The van der Waals surface area contributed by atoms with E-state index in [-0.39, 0.29) is 11.6 Å². The van der Waals surface area contributed by atoms with Crippen LogP contribution in [0.3, 0.4) is 0 Å². The summed E-state index contributed by atoms with van der Waals surface area (Å²) in [6.07, 6.45) is 5.00. The van der Waals surface area contributed by atoms with Gasteiger partial charge in [0.15, 0.2) is 6.39 Å². The second-order valence-electron chi connectivity index (χ2n) is 5.73. The number of nitrogens with zero attached hydrogens (tertiary/aromatic N) is 3. The van der Waals surface area contributed by atoms with Gasteiger partial charge < -0.3 is 4.42 Å². The molecule has 114 valence electrons. The molecule has 2 heterocycles. The largest absolute Gasteiger partial charge is 0.448 e. The Labute approximate surface area is 128 Å². The molecule has 2 aromatic heterocycles. The lowest BCUT2D eigenvalue weighted by Crippen LogP contribution is -2.23. The van der Waals surface area contributed by atoms with Crippen LogP contribution in [0.1, 0.15) is 36.8 Å². The fourth-order valence-electron chi connectivity index (χ4n) is 2.46. The minimum Gasteiger partial charge on any atom is -0.448 e. The summed E-state index contributed by atoms with van der Waals surface area (Å²) in [7, 11) is 0. The van der Waals surface area contributed by atoms with Gasteiger partial charge in [-0.2, -0.15) is 0 Å². The quantitative estimate of drug-likeness (QED) is 0.743. The molecule has 0 aliphatic carbocycles. The number of oxazole rings is 1. The molecule has 5 heteroatoms. The van der Waals surface area contributed by atoms with Crippen molar-refractivity contribution in [1.82, 2.24) is 14.1 Å². The molecule has 0 fully saturated rings. The first-order valence-electron chi connectivity index (χ1n) is 7.33. The number of hydrogen-bond acceptors (Lipinski definition) is 3. The Hall–Kier alpha value is -2.56. The van der Waals surface area contributed by atoms with Crippen molar-refractivity contribution in [1.29, 1.82) is 0 Å². The van der Waals surface area contributed by atoms with Gasteiger partial charge in [0.2, 0.25) is 0 Å². The molecule has 0 amide bonds. The van der Waals surface area contributed by atoms with Crippen molar-refractivity contribution in [3.05, 3.63) is 70.6 Å². The maximum absolute atomic E-state index is 12.5. The molecule has 0 radical (unpaired) electrons. The normalized spacial score (nSPS) is 11.3. The van der Waals surface area contributed by atoms with E-state index in [4.69, 9.17) is 4.42 Å². The zero-order chi connectivity index (χ0) is 15.7. The van der Waals surface area contributed by atoms with Crippen molar-refractivity contribution in [3.63, 3.8) is 0 Å². The fourth-order valence-corrected chi connectivity index (χ4v) is 2.46. The van der Waals surface area contributed by atoms with Crippen LogP contribution < -0.4 is 5.69 Å². The van der Waals surface area contributed by atoms with E-state index in [1.165, 1.54) is 12.0 Å². The van der Waals surface area contributed by atoms with E-state index in [2.05, 4.69) is 4.98 Å². The van der Waals surface area contributed by atoms with E-state index in [0.717, 1.165) is 17.1 Å². The van der Waals surface area contributed by atoms with Crippen molar-refractivity contribution in [2.75, 3.05) is 0 Å². The van der Waals surface area contributed by atoms with Crippen molar-refractivity contribution in [2.45, 2.75) is 33.2 Å². The molecule has 0 saturated carbocycles. The molecular formula is C17H19N3O2. The molecule has 0 bridgehead atoms. The Bertz CT molecular complexity index is 822. The highest BCUT2D eigenvalue weighted by molar-refractivity contribution is 5.34. The number of benzene rings is 1. The summed E-state index contributed by atoms with van der Waals surface area (Å²) in [5.41, 5.74) is 2.75.